The van der Waals surface area contributed by atoms with Crippen molar-refractivity contribution in [1.82, 2.24) is 0 Å². The molecule has 2 heterocycles. The van der Waals surface area contributed by atoms with E-state index in [0.29, 0.717) is 5.56 Å². The molecule has 20 heteroatoms. The number of benzene rings is 1. The number of ether oxygens (including phenoxy) is 3. The smallest absolute Gasteiger partial charge is 0.187 e. The van der Waals surface area contributed by atoms with Crippen LogP contribution in [0.5, 0.6) is 0 Å². The van der Waals surface area contributed by atoms with Gasteiger partial charge in [0.1, 0.15) is 36.6 Å². The van der Waals surface area contributed by atoms with Crippen molar-refractivity contribution >= 4 is 23.5 Å². The van der Waals surface area contributed by atoms with Crippen molar-refractivity contribution in [1.29, 1.82) is 0 Å². The lowest BCUT2D eigenvalue weighted by atomic mass is 9.98. The summed E-state index contributed by atoms with van der Waals surface area (Å²) in [5, 5.41) is 20.2. The molecule has 0 bridgehead atoms. The van der Waals surface area contributed by atoms with Gasteiger partial charge in [0.2, 0.25) is 0 Å². The van der Waals surface area contributed by atoms with Crippen molar-refractivity contribution in [3.05, 3.63) is 35.9 Å². The molecular formula is C17H21O17P3-6. The van der Waals surface area contributed by atoms with Crippen LogP contribution in [0.1, 0.15) is 5.56 Å². The van der Waals surface area contributed by atoms with Gasteiger partial charge in [-0.2, -0.15) is 0 Å². The Morgan fingerprint density at radius 2 is 1.41 bits per heavy atom. The molecule has 212 valence electrons. The summed E-state index contributed by atoms with van der Waals surface area (Å²) >= 11 is 0. The highest BCUT2D eigenvalue weighted by Crippen LogP contribution is 2.42. The number of hydrogen-bond donors (Lipinski definition) is 2. The minimum atomic E-state index is -5.97. The van der Waals surface area contributed by atoms with Crippen LogP contribution in [0, 0.1) is 0 Å². The Morgan fingerprint density at radius 1 is 0.838 bits per heavy atom. The highest BCUT2D eigenvalue weighted by Gasteiger charge is 2.51. The summed E-state index contributed by atoms with van der Waals surface area (Å²) in [5.41, 5.74) is 0.669. The number of phosphoric acid groups is 3. The number of aliphatic hydroxyl groups excluding tert-OH is 2. The van der Waals surface area contributed by atoms with Gasteiger partial charge in [0, 0.05) is 6.42 Å². The van der Waals surface area contributed by atoms with Crippen LogP contribution in [-0.2, 0) is 47.9 Å². The minimum Gasteiger partial charge on any atom is -0.790 e. The predicted molar refractivity (Wildman–Crippen MR) is 104 cm³/mol. The van der Waals surface area contributed by atoms with Crippen molar-refractivity contribution in [2.24, 2.45) is 0 Å². The fraction of sp³-hybridized carbons (Fsp3) is 0.647. The molecule has 0 saturated carbocycles. The molecule has 2 N–H and O–H groups in total. The molecule has 8 atom stereocenters. The van der Waals surface area contributed by atoms with Crippen LogP contribution >= 0.6 is 23.5 Å². The molecule has 37 heavy (non-hydrogen) atoms. The molecule has 2 fully saturated rings. The van der Waals surface area contributed by atoms with E-state index in [2.05, 4.69) is 13.6 Å². The van der Waals surface area contributed by atoms with E-state index in [1.807, 2.05) is 0 Å². The summed E-state index contributed by atoms with van der Waals surface area (Å²) in [5.74, 6) is 0. The molecule has 0 aromatic heterocycles. The fourth-order valence-electron chi connectivity index (χ4n) is 3.95. The third-order valence-corrected chi connectivity index (χ3v) is 6.87. The zero-order valence-electron chi connectivity index (χ0n) is 18.5. The first kappa shape index (κ1) is 30.9. The quantitative estimate of drug-likeness (QED) is 0.228. The molecule has 2 saturated heterocycles. The van der Waals surface area contributed by atoms with E-state index in [9.17, 15) is 53.3 Å². The average molecular weight is 590 g/mol. The molecule has 0 unspecified atom stereocenters. The Labute approximate surface area is 209 Å². The van der Waals surface area contributed by atoms with Crippen LogP contribution in [0.3, 0.4) is 0 Å². The Balaban J connectivity index is 1.89. The summed E-state index contributed by atoms with van der Waals surface area (Å²) < 4.78 is 62.8. The van der Waals surface area contributed by atoms with Crippen molar-refractivity contribution in [2.75, 3.05) is 13.2 Å². The summed E-state index contributed by atoms with van der Waals surface area (Å²) in [4.78, 5) is 67.2. The van der Waals surface area contributed by atoms with Gasteiger partial charge in [0.25, 0.3) is 0 Å². The molecule has 3 rings (SSSR count). The van der Waals surface area contributed by atoms with Gasteiger partial charge in [0.15, 0.2) is 6.29 Å². The van der Waals surface area contributed by atoms with E-state index in [-0.39, 0.29) is 6.42 Å². The van der Waals surface area contributed by atoms with Crippen molar-refractivity contribution in [3.63, 3.8) is 0 Å². The van der Waals surface area contributed by atoms with Crippen molar-refractivity contribution in [2.45, 2.75) is 55.4 Å². The van der Waals surface area contributed by atoms with Gasteiger partial charge in [-0.05, 0) is 5.56 Å². The van der Waals surface area contributed by atoms with E-state index < -0.39 is 85.7 Å². The first-order valence-corrected chi connectivity index (χ1v) is 14.8. The number of aliphatic hydroxyl groups is 2. The predicted octanol–water partition coefficient (Wildman–Crippen LogP) is -5.27. The second-order valence-corrected chi connectivity index (χ2v) is 11.3. The van der Waals surface area contributed by atoms with Crippen LogP contribution in [0.15, 0.2) is 30.3 Å². The molecule has 0 spiro atoms. The average Bonchev–Trinajstić information content (AvgIpc) is 3.11. The van der Waals surface area contributed by atoms with Gasteiger partial charge in [-0.1, -0.05) is 30.3 Å². The normalized spacial score (nSPS) is 33.5. The van der Waals surface area contributed by atoms with Gasteiger partial charge >= 0.3 is 0 Å². The maximum absolute atomic E-state index is 11.2. The van der Waals surface area contributed by atoms with Crippen LogP contribution in [0.25, 0.3) is 0 Å². The zero-order chi connectivity index (χ0) is 27.6. The van der Waals surface area contributed by atoms with Crippen molar-refractivity contribution < 1.29 is 81.1 Å². The molecule has 2 aliphatic heterocycles. The maximum Gasteiger partial charge on any atom is 0.187 e. The lowest BCUT2D eigenvalue weighted by molar-refractivity contribution is -0.378. The molecule has 0 aliphatic carbocycles. The first-order chi connectivity index (χ1) is 17.1. The van der Waals surface area contributed by atoms with Crippen LogP contribution in [0.2, 0.25) is 0 Å². The Morgan fingerprint density at radius 3 is 1.95 bits per heavy atom. The molecule has 1 aromatic rings. The number of phosphoric ester groups is 3. The van der Waals surface area contributed by atoms with Gasteiger partial charge in [0.05, 0.1) is 42.8 Å². The van der Waals surface area contributed by atoms with Gasteiger partial charge < -0.3 is 81.1 Å². The highest BCUT2D eigenvalue weighted by molar-refractivity contribution is 7.43. The molecule has 0 radical (unpaired) electrons. The van der Waals surface area contributed by atoms with E-state index >= 15 is 0 Å². The third kappa shape index (κ3) is 9.21. The molecule has 1 aromatic carbocycles. The highest BCUT2D eigenvalue weighted by atomic mass is 31.2. The lowest BCUT2D eigenvalue weighted by Gasteiger charge is -2.49. The largest absolute Gasteiger partial charge is 0.790 e. The maximum atomic E-state index is 11.2. The Kier molecular flexibility index (Phi) is 10.2. The van der Waals surface area contributed by atoms with Crippen LogP contribution in [0.4, 0.5) is 0 Å². The first-order valence-electron chi connectivity index (χ1n) is 10.4. The van der Waals surface area contributed by atoms with Crippen molar-refractivity contribution in [3.8, 4) is 0 Å². The minimum absolute atomic E-state index is 0.0666. The van der Waals surface area contributed by atoms with Gasteiger partial charge in [-0.15, -0.1) is 0 Å². The van der Waals surface area contributed by atoms with E-state index in [4.69, 9.17) is 14.2 Å². The Hall–Kier alpha value is -0.650. The second-order valence-electron chi connectivity index (χ2n) is 8.00. The third-order valence-electron chi connectivity index (χ3n) is 5.34. The molecule has 2 aliphatic rings. The molecule has 17 nitrogen and oxygen atoms in total. The lowest BCUT2D eigenvalue weighted by Crippen LogP contribution is -2.62. The fourth-order valence-corrected chi connectivity index (χ4v) is 5.56. The number of hydrogen-bond acceptors (Lipinski definition) is 17. The summed E-state index contributed by atoms with van der Waals surface area (Å²) in [6.45, 7) is -1.62. The van der Waals surface area contributed by atoms with E-state index in [1.54, 1.807) is 30.3 Å². The van der Waals surface area contributed by atoms with Gasteiger partial charge in [-0.25, -0.2) is 0 Å². The summed E-state index contributed by atoms with van der Waals surface area (Å²) in [7, 11) is -17.5. The topological polar surface area (TPSA) is 285 Å². The van der Waals surface area contributed by atoms with Crippen LogP contribution in [-0.4, -0.2) is 72.4 Å². The van der Waals surface area contributed by atoms with E-state index in [0.717, 1.165) is 0 Å². The summed E-state index contributed by atoms with van der Waals surface area (Å²) in [6, 6.07) is 8.47. The number of rotatable bonds is 11. The SMILES string of the molecule is O=P([O-])([O-])O[C@@H]1[C@@H](O)[C@@H](O[C@H]2[C@@H](OP(=O)([O-])[O-])CO[C@@H]2Cc2ccccc2)O[C@H](CO)[C@H]1OP(=O)([O-])[O-]. The standard InChI is InChI=1S/C17H27O17P3/c18-7-11-15(33-36(23,24)25)16(34-37(26,27)28)13(19)17(30-11)31-14-10(6-9-4-2-1-3-5-9)29-8-12(14)32-35(20,21)22/h1-5,10-19H,6-8H2,(H2,20,21,22)(H2,23,24,25)(H2,26,27,28)/p-6/t10-,11-,12+,13-,14-,15-,16-,17-/m1/s1. The monoisotopic (exact) mass is 590 g/mol. The van der Waals surface area contributed by atoms with E-state index in [1.165, 1.54) is 0 Å². The van der Waals surface area contributed by atoms with Crippen LogP contribution < -0.4 is 29.4 Å². The Bertz CT molecular complexity index is 1020. The molecule has 0 amide bonds. The van der Waals surface area contributed by atoms with Gasteiger partial charge in [-0.3, -0.25) is 0 Å². The molecular weight excluding hydrogens is 569 g/mol. The zero-order valence-corrected chi connectivity index (χ0v) is 21.2. The second kappa shape index (κ2) is 12.3. The summed E-state index contributed by atoms with van der Waals surface area (Å²) in [6.07, 6.45) is -15.0.